The highest BCUT2D eigenvalue weighted by Crippen LogP contribution is 2.24. The lowest BCUT2D eigenvalue weighted by Gasteiger charge is -2.32. The standard InChI is InChI=1S/C19H24ClN5O/c1-12(2)18-22-13(3)10-17(24-18)25-8-6-14(7-9-25)19(26)23-16-5-4-15(20)11-21-16/h4-5,10-12,14H,6-9H2,1-3H3,(H,21,23,26). The van der Waals surface area contributed by atoms with E-state index in [0.29, 0.717) is 16.8 Å². The van der Waals surface area contributed by atoms with Gasteiger partial charge in [0.1, 0.15) is 17.5 Å². The Bertz CT molecular complexity index is 770. The van der Waals surface area contributed by atoms with E-state index in [1.807, 2.05) is 13.0 Å². The normalized spacial score (nSPS) is 15.3. The Hall–Kier alpha value is -2.21. The number of carbonyl (C=O) groups is 1. The lowest BCUT2D eigenvalue weighted by atomic mass is 9.96. The third-order valence-electron chi connectivity index (χ3n) is 4.54. The summed E-state index contributed by atoms with van der Waals surface area (Å²) < 4.78 is 0. The van der Waals surface area contributed by atoms with E-state index in [4.69, 9.17) is 16.6 Å². The Balaban J connectivity index is 1.60. The molecule has 1 N–H and O–H groups in total. The molecule has 0 atom stereocenters. The van der Waals surface area contributed by atoms with E-state index >= 15 is 0 Å². The average Bonchev–Trinajstić information content (AvgIpc) is 2.63. The van der Waals surface area contributed by atoms with Crippen LogP contribution in [0.3, 0.4) is 0 Å². The molecule has 0 saturated carbocycles. The van der Waals surface area contributed by atoms with E-state index in [-0.39, 0.29) is 11.8 Å². The van der Waals surface area contributed by atoms with Crippen LogP contribution in [0.25, 0.3) is 0 Å². The number of pyridine rings is 1. The van der Waals surface area contributed by atoms with E-state index in [9.17, 15) is 4.79 Å². The molecular weight excluding hydrogens is 350 g/mol. The van der Waals surface area contributed by atoms with Gasteiger partial charge in [-0.15, -0.1) is 0 Å². The van der Waals surface area contributed by atoms with E-state index in [1.165, 1.54) is 6.20 Å². The van der Waals surface area contributed by atoms with Gasteiger partial charge in [0, 0.05) is 42.9 Å². The number of carbonyl (C=O) groups excluding carboxylic acids is 1. The Labute approximate surface area is 159 Å². The quantitative estimate of drug-likeness (QED) is 0.882. The highest BCUT2D eigenvalue weighted by atomic mass is 35.5. The maximum Gasteiger partial charge on any atom is 0.228 e. The molecule has 3 rings (SSSR count). The zero-order valence-electron chi connectivity index (χ0n) is 15.4. The Morgan fingerprint density at radius 2 is 2.00 bits per heavy atom. The van der Waals surface area contributed by atoms with Crippen LogP contribution in [0.1, 0.15) is 44.1 Å². The molecule has 1 aliphatic heterocycles. The molecule has 26 heavy (non-hydrogen) atoms. The van der Waals surface area contributed by atoms with E-state index in [2.05, 4.69) is 34.0 Å². The van der Waals surface area contributed by atoms with Crippen LogP contribution in [0.15, 0.2) is 24.4 Å². The third kappa shape index (κ3) is 4.49. The molecule has 0 bridgehead atoms. The fourth-order valence-electron chi connectivity index (χ4n) is 3.04. The summed E-state index contributed by atoms with van der Waals surface area (Å²) in [5.41, 5.74) is 0.979. The van der Waals surface area contributed by atoms with E-state index in [0.717, 1.165) is 43.3 Å². The van der Waals surface area contributed by atoms with Crippen molar-refractivity contribution in [1.29, 1.82) is 0 Å². The minimum absolute atomic E-state index is 0.0150. The molecule has 1 saturated heterocycles. The summed E-state index contributed by atoms with van der Waals surface area (Å²) in [5, 5.41) is 3.43. The summed E-state index contributed by atoms with van der Waals surface area (Å²) >= 11 is 5.82. The molecule has 1 amide bonds. The van der Waals surface area contributed by atoms with Crippen LogP contribution in [0, 0.1) is 12.8 Å². The Kier molecular flexibility index (Phi) is 5.71. The van der Waals surface area contributed by atoms with Crippen LogP contribution in [0.4, 0.5) is 11.6 Å². The number of halogens is 1. The molecule has 3 heterocycles. The molecule has 0 spiro atoms. The summed E-state index contributed by atoms with van der Waals surface area (Å²) in [7, 11) is 0. The number of aromatic nitrogens is 3. The molecule has 2 aromatic heterocycles. The van der Waals surface area contributed by atoms with Gasteiger partial charge in [-0.1, -0.05) is 25.4 Å². The predicted molar refractivity (Wildman–Crippen MR) is 104 cm³/mol. The van der Waals surface area contributed by atoms with Crippen molar-refractivity contribution in [3.63, 3.8) is 0 Å². The summed E-state index contributed by atoms with van der Waals surface area (Å²) in [4.78, 5) is 28.0. The fourth-order valence-corrected chi connectivity index (χ4v) is 3.16. The number of hydrogen-bond donors (Lipinski definition) is 1. The molecule has 6 nitrogen and oxygen atoms in total. The third-order valence-corrected chi connectivity index (χ3v) is 4.77. The van der Waals surface area contributed by atoms with Gasteiger partial charge < -0.3 is 10.2 Å². The maximum absolute atomic E-state index is 12.5. The van der Waals surface area contributed by atoms with Crippen molar-refractivity contribution in [2.75, 3.05) is 23.3 Å². The van der Waals surface area contributed by atoms with Gasteiger partial charge >= 0.3 is 0 Å². The van der Waals surface area contributed by atoms with Crippen LogP contribution in [-0.2, 0) is 4.79 Å². The minimum Gasteiger partial charge on any atom is -0.356 e. The van der Waals surface area contributed by atoms with E-state index < -0.39 is 0 Å². The predicted octanol–water partition coefficient (Wildman–Crippen LogP) is 3.81. The van der Waals surface area contributed by atoms with Gasteiger partial charge in [-0.25, -0.2) is 15.0 Å². The van der Waals surface area contributed by atoms with Gasteiger partial charge in [0.2, 0.25) is 5.91 Å². The molecule has 0 aromatic carbocycles. The minimum atomic E-state index is -0.0174. The van der Waals surface area contributed by atoms with E-state index in [1.54, 1.807) is 12.1 Å². The SMILES string of the molecule is Cc1cc(N2CCC(C(=O)Nc3ccc(Cl)cn3)CC2)nc(C(C)C)n1. The van der Waals surface area contributed by atoms with Crippen LogP contribution in [0.2, 0.25) is 5.02 Å². The van der Waals surface area contributed by atoms with Crippen molar-refractivity contribution in [3.05, 3.63) is 40.9 Å². The molecule has 7 heteroatoms. The Morgan fingerprint density at radius 1 is 1.27 bits per heavy atom. The smallest absolute Gasteiger partial charge is 0.228 e. The van der Waals surface area contributed by atoms with Crippen molar-refractivity contribution in [2.45, 2.75) is 39.5 Å². The summed E-state index contributed by atoms with van der Waals surface area (Å²) in [5.74, 6) is 2.66. The highest BCUT2D eigenvalue weighted by Gasteiger charge is 2.26. The number of hydrogen-bond acceptors (Lipinski definition) is 5. The molecule has 0 unspecified atom stereocenters. The summed E-state index contributed by atoms with van der Waals surface area (Å²) in [6.07, 6.45) is 3.11. The molecule has 138 valence electrons. The number of nitrogens with one attached hydrogen (secondary N) is 1. The molecule has 2 aromatic rings. The summed E-state index contributed by atoms with van der Waals surface area (Å²) in [6, 6.07) is 5.45. The van der Waals surface area contributed by atoms with Gasteiger partial charge in [0.25, 0.3) is 0 Å². The van der Waals surface area contributed by atoms with Crippen molar-refractivity contribution < 1.29 is 4.79 Å². The van der Waals surface area contributed by atoms with Crippen molar-refractivity contribution in [1.82, 2.24) is 15.0 Å². The molecule has 0 aliphatic carbocycles. The van der Waals surface area contributed by atoms with Crippen LogP contribution >= 0.6 is 11.6 Å². The maximum atomic E-state index is 12.5. The van der Waals surface area contributed by atoms with Crippen LogP contribution in [0.5, 0.6) is 0 Å². The first-order chi connectivity index (χ1) is 12.4. The molecule has 0 radical (unpaired) electrons. The van der Waals surface area contributed by atoms with Crippen LogP contribution < -0.4 is 10.2 Å². The summed E-state index contributed by atoms with van der Waals surface area (Å²) in [6.45, 7) is 7.80. The second-order valence-electron chi connectivity index (χ2n) is 6.99. The average molecular weight is 374 g/mol. The van der Waals surface area contributed by atoms with Gasteiger partial charge in [0.05, 0.1) is 5.02 Å². The Morgan fingerprint density at radius 3 is 2.62 bits per heavy atom. The first-order valence-electron chi connectivity index (χ1n) is 8.95. The number of aryl methyl sites for hydroxylation is 1. The molecule has 1 fully saturated rings. The monoisotopic (exact) mass is 373 g/mol. The van der Waals surface area contributed by atoms with Crippen molar-refractivity contribution >= 4 is 29.1 Å². The van der Waals surface area contributed by atoms with Crippen molar-refractivity contribution in [3.8, 4) is 0 Å². The first-order valence-corrected chi connectivity index (χ1v) is 9.33. The zero-order valence-corrected chi connectivity index (χ0v) is 16.1. The van der Waals surface area contributed by atoms with Gasteiger partial charge in [-0.2, -0.15) is 0 Å². The largest absolute Gasteiger partial charge is 0.356 e. The van der Waals surface area contributed by atoms with Crippen molar-refractivity contribution in [2.24, 2.45) is 5.92 Å². The molecule has 1 aliphatic rings. The first kappa shape index (κ1) is 18.6. The fraction of sp³-hybridized carbons (Fsp3) is 0.474. The molecular formula is C19H24ClN5O. The second kappa shape index (κ2) is 7.99. The lowest BCUT2D eigenvalue weighted by molar-refractivity contribution is -0.120. The second-order valence-corrected chi connectivity index (χ2v) is 7.43. The van der Waals surface area contributed by atoms with Gasteiger partial charge in [-0.05, 0) is 31.9 Å². The lowest BCUT2D eigenvalue weighted by Crippen LogP contribution is -2.38. The number of rotatable bonds is 4. The van der Waals surface area contributed by atoms with Gasteiger partial charge in [0.15, 0.2) is 0 Å². The number of piperidine rings is 1. The number of amides is 1. The zero-order chi connectivity index (χ0) is 18.7. The topological polar surface area (TPSA) is 71.0 Å². The highest BCUT2D eigenvalue weighted by molar-refractivity contribution is 6.30. The van der Waals surface area contributed by atoms with Gasteiger partial charge in [-0.3, -0.25) is 4.79 Å². The number of anilines is 2. The van der Waals surface area contributed by atoms with Crippen LogP contribution in [-0.4, -0.2) is 33.9 Å². The number of nitrogens with zero attached hydrogens (tertiary/aromatic N) is 4.